The number of unbranched alkanes of at least 4 members (excludes halogenated alkanes) is 2. The van der Waals surface area contributed by atoms with Gasteiger partial charge in [-0.05, 0) is 43.5 Å². The molecule has 0 aliphatic rings. The van der Waals surface area contributed by atoms with Gasteiger partial charge in [0.1, 0.15) is 11.5 Å². The molecule has 168 valence electrons. The molecule has 0 spiro atoms. The first-order valence-corrected chi connectivity index (χ1v) is 11.2. The van der Waals surface area contributed by atoms with Crippen molar-refractivity contribution in [3.05, 3.63) is 48.5 Å². The quantitative estimate of drug-likeness (QED) is 0.375. The van der Waals surface area contributed by atoms with Crippen molar-refractivity contribution in [2.75, 3.05) is 23.8 Å². The maximum Gasteiger partial charge on any atom is 0.224 e. The van der Waals surface area contributed by atoms with E-state index in [9.17, 15) is 9.59 Å². The molecule has 2 N–H and O–H groups in total. The topological polar surface area (TPSA) is 76.7 Å². The van der Waals surface area contributed by atoms with Gasteiger partial charge in [-0.2, -0.15) is 0 Å². The number of hydrogen-bond donors (Lipinski definition) is 2. The molecule has 0 saturated heterocycles. The molecule has 6 nitrogen and oxygen atoms in total. The van der Waals surface area contributed by atoms with Gasteiger partial charge in [0.2, 0.25) is 11.8 Å². The van der Waals surface area contributed by atoms with Crippen molar-refractivity contribution in [1.82, 2.24) is 0 Å². The number of amides is 2. The van der Waals surface area contributed by atoms with E-state index < -0.39 is 0 Å². The largest absolute Gasteiger partial charge is 0.494 e. The molecule has 0 atom stereocenters. The summed E-state index contributed by atoms with van der Waals surface area (Å²) in [6, 6.07) is 14.7. The van der Waals surface area contributed by atoms with E-state index in [4.69, 9.17) is 9.47 Å². The predicted molar refractivity (Wildman–Crippen MR) is 125 cm³/mol. The van der Waals surface area contributed by atoms with Gasteiger partial charge in [-0.15, -0.1) is 0 Å². The summed E-state index contributed by atoms with van der Waals surface area (Å²) in [6.45, 7) is 5.55. The number of benzene rings is 2. The van der Waals surface area contributed by atoms with Gasteiger partial charge >= 0.3 is 0 Å². The number of nitrogens with one attached hydrogen (secondary N) is 2. The first-order valence-electron chi connectivity index (χ1n) is 11.2. The molecule has 0 fully saturated rings. The Morgan fingerprint density at radius 1 is 0.710 bits per heavy atom. The summed E-state index contributed by atoms with van der Waals surface area (Å²) in [5, 5.41) is 5.72. The van der Waals surface area contributed by atoms with Gasteiger partial charge in [0.15, 0.2) is 0 Å². The van der Waals surface area contributed by atoms with Crippen LogP contribution in [0.1, 0.15) is 58.8 Å². The van der Waals surface area contributed by atoms with E-state index in [0.29, 0.717) is 31.0 Å². The van der Waals surface area contributed by atoms with Gasteiger partial charge in [-0.1, -0.05) is 38.8 Å². The highest BCUT2D eigenvalue weighted by Crippen LogP contribution is 2.19. The molecule has 0 unspecified atom stereocenters. The fourth-order valence-corrected chi connectivity index (χ4v) is 2.85. The lowest BCUT2D eigenvalue weighted by atomic mass is 10.2. The number of anilines is 2. The summed E-state index contributed by atoms with van der Waals surface area (Å²) in [6.07, 6.45) is 5.15. The van der Waals surface area contributed by atoms with Gasteiger partial charge < -0.3 is 20.1 Å². The molecule has 0 bridgehead atoms. The maximum absolute atomic E-state index is 12.2. The number of hydrogen-bond acceptors (Lipinski definition) is 4. The molecule has 2 aromatic rings. The van der Waals surface area contributed by atoms with E-state index in [1.54, 1.807) is 0 Å². The second-order valence-electron chi connectivity index (χ2n) is 7.41. The lowest BCUT2D eigenvalue weighted by Crippen LogP contribution is -2.15. The second-order valence-corrected chi connectivity index (χ2v) is 7.41. The molecule has 31 heavy (non-hydrogen) atoms. The SMILES string of the molecule is CCCCOc1cccc(NC(=O)CCCC(=O)Nc2cccc(OCCCC)c2)c1. The van der Waals surface area contributed by atoms with E-state index >= 15 is 0 Å². The van der Waals surface area contributed by atoms with Gasteiger partial charge in [0, 0.05) is 36.3 Å². The average Bonchev–Trinajstić information content (AvgIpc) is 2.75. The lowest BCUT2D eigenvalue weighted by Gasteiger charge is -2.10. The Kier molecular flexibility index (Phi) is 11.0. The van der Waals surface area contributed by atoms with E-state index in [-0.39, 0.29) is 24.7 Å². The third-order valence-electron chi connectivity index (χ3n) is 4.58. The standard InChI is InChI=1S/C25H34N2O4/c1-3-5-16-30-22-12-7-10-20(18-22)26-24(28)14-9-15-25(29)27-21-11-8-13-23(19-21)31-17-6-4-2/h7-8,10-13,18-19H,3-6,9,14-17H2,1-2H3,(H,26,28)(H,27,29). The van der Waals surface area contributed by atoms with Crippen molar-refractivity contribution in [1.29, 1.82) is 0 Å². The molecule has 0 radical (unpaired) electrons. The number of rotatable bonds is 14. The van der Waals surface area contributed by atoms with Crippen LogP contribution in [-0.4, -0.2) is 25.0 Å². The zero-order valence-corrected chi connectivity index (χ0v) is 18.6. The van der Waals surface area contributed by atoms with E-state index in [0.717, 1.165) is 37.2 Å². The first kappa shape index (κ1) is 24.3. The summed E-state index contributed by atoms with van der Waals surface area (Å²) in [4.78, 5) is 24.4. The van der Waals surface area contributed by atoms with Crippen LogP contribution in [0.2, 0.25) is 0 Å². The second kappa shape index (κ2) is 14.1. The van der Waals surface area contributed by atoms with Gasteiger partial charge in [-0.25, -0.2) is 0 Å². The molecule has 0 aliphatic heterocycles. The van der Waals surface area contributed by atoms with Crippen molar-refractivity contribution >= 4 is 23.2 Å². The first-order chi connectivity index (χ1) is 15.1. The van der Waals surface area contributed by atoms with E-state index in [2.05, 4.69) is 24.5 Å². The molecule has 2 aromatic carbocycles. The van der Waals surface area contributed by atoms with Crippen LogP contribution in [0.25, 0.3) is 0 Å². The number of carbonyl (C=O) groups excluding carboxylic acids is 2. The third-order valence-corrected chi connectivity index (χ3v) is 4.58. The molecular weight excluding hydrogens is 392 g/mol. The monoisotopic (exact) mass is 426 g/mol. The van der Waals surface area contributed by atoms with Crippen molar-refractivity contribution in [3.8, 4) is 11.5 Å². The van der Waals surface area contributed by atoms with Crippen LogP contribution in [0.5, 0.6) is 11.5 Å². The Hall–Kier alpha value is -3.02. The Labute approximate surface area is 185 Å². The third kappa shape index (κ3) is 10.0. The minimum atomic E-state index is -0.121. The summed E-state index contributed by atoms with van der Waals surface area (Å²) >= 11 is 0. The van der Waals surface area contributed by atoms with Crippen LogP contribution >= 0.6 is 0 Å². The van der Waals surface area contributed by atoms with Crippen molar-refractivity contribution in [2.24, 2.45) is 0 Å². The minimum Gasteiger partial charge on any atom is -0.494 e. The van der Waals surface area contributed by atoms with Gasteiger partial charge in [0.05, 0.1) is 13.2 Å². The molecular formula is C25H34N2O4. The number of ether oxygens (including phenoxy) is 2. The van der Waals surface area contributed by atoms with Gasteiger partial charge in [-0.3, -0.25) is 9.59 Å². The summed E-state index contributed by atoms with van der Waals surface area (Å²) in [5.74, 6) is 1.24. The molecule has 0 saturated carbocycles. The molecule has 2 rings (SSSR count). The predicted octanol–water partition coefficient (Wildman–Crippen LogP) is 5.79. The van der Waals surface area contributed by atoms with Gasteiger partial charge in [0.25, 0.3) is 0 Å². The average molecular weight is 427 g/mol. The van der Waals surface area contributed by atoms with Crippen LogP contribution in [0, 0.1) is 0 Å². The van der Waals surface area contributed by atoms with Crippen molar-refractivity contribution in [3.63, 3.8) is 0 Å². The van der Waals surface area contributed by atoms with Crippen LogP contribution < -0.4 is 20.1 Å². The Balaban J connectivity index is 1.70. The molecule has 2 amide bonds. The summed E-state index contributed by atoms with van der Waals surface area (Å²) in [7, 11) is 0. The highest BCUT2D eigenvalue weighted by Gasteiger charge is 2.08. The molecule has 0 heterocycles. The summed E-state index contributed by atoms with van der Waals surface area (Å²) in [5.41, 5.74) is 1.40. The smallest absolute Gasteiger partial charge is 0.224 e. The minimum absolute atomic E-state index is 0.121. The highest BCUT2D eigenvalue weighted by atomic mass is 16.5. The van der Waals surface area contributed by atoms with Crippen molar-refractivity contribution in [2.45, 2.75) is 58.8 Å². The fourth-order valence-electron chi connectivity index (χ4n) is 2.85. The Morgan fingerprint density at radius 2 is 1.16 bits per heavy atom. The fraction of sp³-hybridized carbons (Fsp3) is 0.440. The van der Waals surface area contributed by atoms with Crippen LogP contribution in [0.15, 0.2) is 48.5 Å². The normalized spacial score (nSPS) is 10.4. The Morgan fingerprint density at radius 3 is 1.58 bits per heavy atom. The molecule has 0 aromatic heterocycles. The van der Waals surface area contributed by atoms with Crippen LogP contribution in [0.4, 0.5) is 11.4 Å². The van der Waals surface area contributed by atoms with E-state index in [1.807, 2.05) is 48.5 Å². The van der Waals surface area contributed by atoms with Crippen LogP contribution in [-0.2, 0) is 9.59 Å². The zero-order valence-electron chi connectivity index (χ0n) is 18.6. The summed E-state index contributed by atoms with van der Waals surface area (Å²) < 4.78 is 11.3. The van der Waals surface area contributed by atoms with Crippen molar-refractivity contribution < 1.29 is 19.1 Å². The highest BCUT2D eigenvalue weighted by molar-refractivity contribution is 5.93. The zero-order chi connectivity index (χ0) is 22.3. The Bertz CT molecular complexity index is 755. The molecule has 6 heteroatoms. The lowest BCUT2D eigenvalue weighted by molar-refractivity contribution is -0.117. The van der Waals surface area contributed by atoms with Crippen LogP contribution in [0.3, 0.4) is 0 Å². The molecule has 0 aliphatic carbocycles. The van der Waals surface area contributed by atoms with E-state index in [1.165, 1.54) is 0 Å². The maximum atomic E-state index is 12.2. The number of carbonyl (C=O) groups is 2.